The van der Waals surface area contributed by atoms with Crippen molar-refractivity contribution in [2.75, 3.05) is 12.0 Å². The molecule has 1 aromatic rings. The Bertz CT molecular complexity index is 670. The number of carboxylic acids is 1. The van der Waals surface area contributed by atoms with Gasteiger partial charge in [0.2, 0.25) is 10.0 Å². The number of hydrogen-bond donors (Lipinski definition) is 2. The highest BCUT2D eigenvalue weighted by Gasteiger charge is 2.26. The molecule has 0 aliphatic carbocycles. The Kier molecular flexibility index (Phi) is 6.48. The second-order valence-electron chi connectivity index (χ2n) is 4.05. The Hall–Kier alpha value is -1.27. The molecule has 9 heteroatoms. The number of aliphatic carboxylic acids is 1. The maximum Gasteiger partial charge on any atom is 0.321 e. The first-order valence-electron chi connectivity index (χ1n) is 5.75. The van der Waals surface area contributed by atoms with E-state index < -0.39 is 22.0 Å². The van der Waals surface area contributed by atoms with Gasteiger partial charge >= 0.3 is 5.97 Å². The summed E-state index contributed by atoms with van der Waals surface area (Å²) < 4.78 is 26.5. The molecule has 1 aromatic carbocycles. The number of halogens is 1. The number of thioether (sulfide) groups is 1. The van der Waals surface area contributed by atoms with Gasteiger partial charge in [0.15, 0.2) is 0 Å². The molecular weight excluding hydrogens is 336 g/mol. The molecule has 6 nitrogen and oxygen atoms in total. The standard InChI is InChI=1S/C12H13ClN2O4S2/c1-20-5-4-10(12(16)17)15-21(18,19)11-6-8(7-14)2-3-9(11)13/h2-3,6,10,15H,4-5H2,1H3,(H,16,17)/t10-/m0/s1. The van der Waals surface area contributed by atoms with Crippen LogP contribution in [0.3, 0.4) is 0 Å². The van der Waals surface area contributed by atoms with Crippen LogP contribution in [0.15, 0.2) is 23.1 Å². The molecule has 0 aliphatic heterocycles. The van der Waals surface area contributed by atoms with Gasteiger partial charge in [-0.3, -0.25) is 4.79 Å². The summed E-state index contributed by atoms with van der Waals surface area (Å²) in [7, 11) is -4.12. The van der Waals surface area contributed by atoms with Crippen LogP contribution in [0, 0.1) is 11.3 Å². The Labute approximate surface area is 132 Å². The van der Waals surface area contributed by atoms with Gasteiger partial charge in [0.25, 0.3) is 0 Å². The van der Waals surface area contributed by atoms with E-state index in [2.05, 4.69) is 4.72 Å². The van der Waals surface area contributed by atoms with Gasteiger partial charge in [-0.1, -0.05) is 11.6 Å². The lowest BCUT2D eigenvalue weighted by Crippen LogP contribution is -2.41. The van der Waals surface area contributed by atoms with Crippen molar-refractivity contribution in [3.05, 3.63) is 28.8 Å². The van der Waals surface area contributed by atoms with E-state index in [1.54, 1.807) is 12.3 Å². The third-order valence-corrected chi connectivity index (χ3v) is 5.15. The van der Waals surface area contributed by atoms with Crippen LogP contribution in [0.4, 0.5) is 0 Å². The van der Waals surface area contributed by atoms with E-state index in [0.717, 1.165) is 6.07 Å². The number of rotatable bonds is 7. The molecule has 1 atom stereocenters. The molecule has 0 saturated heterocycles. The molecular formula is C12H13ClN2O4S2. The van der Waals surface area contributed by atoms with E-state index in [1.165, 1.54) is 23.9 Å². The fraction of sp³-hybridized carbons (Fsp3) is 0.333. The summed E-state index contributed by atoms with van der Waals surface area (Å²) >= 11 is 7.24. The van der Waals surface area contributed by atoms with Crippen LogP contribution in [0.25, 0.3) is 0 Å². The van der Waals surface area contributed by atoms with Crippen molar-refractivity contribution < 1.29 is 18.3 Å². The minimum Gasteiger partial charge on any atom is -0.480 e. The van der Waals surface area contributed by atoms with Crippen molar-refractivity contribution in [3.8, 4) is 6.07 Å². The molecule has 0 heterocycles. The molecule has 21 heavy (non-hydrogen) atoms. The summed E-state index contributed by atoms with van der Waals surface area (Å²) in [5.41, 5.74) is 0.121. The van der Waals surface area contributed by atoms with Crippen LogP contribution >= 0.6 is 23.4 Å². The predicted molar refractivity (Wildman–Crippen MR) is 80.9 cm³/mol. The van der Waals surface area contributed by atoms with Gasteiger partial charge in [0.1, 0.15) is 10.9 Å². The van der Waals surface area contributed by atoms with Crippen molar-refractivity contribution in [2.45, 2.75) is 17.4 Å². The topological polar surface area (TPSA) is 107 Å². The SMILES string of the molecule is CSCC[C@H](NS(=O)(=O)c1cc(C#N)ccc1Cl)C(=O)O. The first kappa shape index (κ1) is 17.8. The zero-order valence-corrected chi connectivity index (χ0v) is 13.4. The maximum absolute atomic E-state index is 12.2. The zero-order valence-electron chi connectivity index (χ0n) is 11.0. The lowest BCUT2D eigenvalue weighted by atomic mass is 10.2. The number of sulfonamides is 1. The molecule has 0 fully saturated rings. The lowest BCUT2D eigenvalue weighted by Gasteiger charge is -2.15. The van der Waals surface area contributed by atoms with E-state index in [-0.39, 0.29) is 21.9 Å². The molecule has 0 spiro atoms. The Morgan fingerprint density at radius 1 is 1.57 bits per heavy atom. The highest BCUT2D eigenvalue weighted by molar-refractivity contribution is 7.98. The first-order valence-corrected chi connectivity index (χ1v) is 9.01. The third kappa shape index (κ3) is 4.89. The quantitative estimate of drug-likeness (QED) is 0.776. The summed E-state index contributed by atoms with van der Waals surface area (Å²) in [4.78, 5) is 10.8. The van der Waals surface area contributed by atoms with Crippen LogP contribution in [-0.2, 0) is 14.8 Å². The number of carboxylic acid groups (broad SMARTS) is 1. The second kappa shape index (κ2) is 7.66. The summed E-state index contributed by atoms with van der Waals surface area (Å²) in [5, 5.41) is 17.8. The highest BCUT2D eigenvalue weighted by Crippen LogP contribution is 2.23. The predicted octanol–water partition coefficient (Wildman–Crippen LogP) is 1.70. The number of nitrogens with zero attached hydrogens (tertiary/aromatic N) is 1. The van der Waals surface area contributed by atoms with Crippen molar-refractivity contribution in [2.24, 2.45) is 0 Å². The van der Waals surface area contributed by atoms with E-state index in [9.17, 15) is 13.2 Å². The number of hydrogen-bond acceptors (Lipinski definition) is 5. The summed E-state index contributed by atoms with van der Waals surface area (Å²) in [6.45, 7) is 0. The second-order valence-corrected chi connectivity index (χ2v) is 7.13. The smallest absolute Gasteiger partial charge is 0.321 e. The van der Waals surface area contributed by atoms with Crippen LogP contribution in [0.5, 0.6) is 0 Å². The van der Waals surface area contributed by atoms with E-state index in [1.807, 2.05) is 0 Å². The fourth-order valence-electron chi connectivity index (χ4n) is 1.50. The normalized spacial score (nSPS) is 12.6. The molecule has 2 N–H and O–H groups in total. The van der Waals surface area contributed by atoms with Gasteiger partial charge < -0.3 is 5.11 Å². The Morgan fingerprint density at radius 3 is 2.76 bits per heavy atom. The molecule has 0 radical (unpaired) electrons. The lowest BCUT2D eigenvalue weighted by molar-refractivity contribution is -0.139. The largest absolute Gasteiger partial charge is 0.480 e. The number of nitrogens with one attached hydrogen (secondary N) is 1. The Balaban J connectivity index is 3.10. The number of carbonyl (C=O) groups is 1. The number of nitriles is 1. The number of benzene rings is 1. The van der Waals surface area contributed by atoms with Crippen LogP contribution in [0.1, 0.15) is 12.0 Å². The molecule has 0 aliphatic rings. The molecule has 0 saturated carbocycles. The minimum absolute atomic E-state index is 0.0736. The fourth-order valence-corrected chi connectivity index (χ4v) is 3.72. The summed E-state index contributed by atoms with van der Waals surface area (Å²) in [6, 6.07) is 4.33. The molecule has 114 valence electrons. The van der Waals surface area contributed by atoms with Gasteiger partial charge in [0, 0.05) is 0 Å². The average Bonchev–Trinajstić information content (AvgIpc) is 2.43. The van der Waals surface area contributed by atoms with Gasteiger partial charge in [-0.2, -0.15) is 21.7 Å². The third-order valence-electron chi connectivity index (χ3n) is 2.56. The molecule has 0 unspecified atom stereocenters. The van der Waals surface area contributed by atoms with Crippen LogP contribution in [-0.4, -0.2) is 37.5 Å². The molecule has 0 aromatic heterocycles. The summed E-state index contributed by atoms with van der Waals surface area (Å²) in [5.74, 6) is -0.772. The van der Waals surface area contributed by atoms with Crippen molar-refractivity contribution in [3.63, 3.8) is 0 Å². The average molecular weight is 349 g/mol. The Morgan fingerprint density at radius 2 is 2.24 bits per heavy atom. The van der Waals surface area contributed by atoms with E-state index in [4.69, 9.17) is 22.0 Å². The first-order chi connectivity index (χ1) is 9.81. The highest BCUT2D eigenvalue weighted by atomic mass is 35.5. The van der Waals surface area contributed by atoms with Crippen molar-refractivity contribution in [1.82, 2.24) is 4.72 Å². The van der Waals surface area contributed by atoms with E-state index >= 15 is 0 Å². The van der Waals surface area contributed by atoms with E-state index in [0.29, 0.717) is 5.75 Å². The minimum atomic E-state index is -4.12. The zero-order chi connectivity index (χ0) is 16.0. The molecule has 1 rings (SSSR count). The van der Waals surface area contributed by atoms with Crippen LogP contribution < -0.4 is 4.72 Å². The maximum atomic E-state index is 12.2. The molecule has 0 bridgehead atoms. The van der Waals surface area contributed by atoms with Gasteiger partial charge in [-0.05, 0) is 36.6 Å². The monoisotopic (exact) mass is 348 g/mol. The molecule has 0 amide bonds. The van der Waals surface area contributed by atoms with Gasteiger partial charge in [0.05, 0.1) is 16.7 Å². The summed E-state index contributed by atoms with van der Waals surface area (Å²) in [6.07, 6.45) is 1.94. The van der Waals surface area contributed by atoms with Gasteiger partial charge in [-0.25, -0.2) is 8.42 Å². The van der Waals surface area contributed by atoms with Crippen molar-refractivity contribution in [1.29, 1.82) is 5.26 Å². The van der Waals surface area contributed by atoms with Crippen molar-refractivity contribution >= 4 is 39.4 Å². The van der Waals surface area contributed by atoms with Gasteiger partial charge in [-0.15, -0.1) is 0 Å². The van der Waals surface area contributed by atoms with Crippen LogP contribution in [0.2, 0.25) is 5.02 Å².